The Morgan fingerprint density at radius 3 is 2.75 bits per heavy atom. The Morgan fingerprint density at radius 2 is 2.05 bits per heavy atom. The molecule has 0 aliphatic rings. The number of hydrogen-bond acceptors (Lipinski definition) is 2. The van der Waals surface area contributed by atoms with Crippen LogP contribution in [-0.4, -0.2) is 14.5 Å². The van der Waals surface area contributed by atoms with Gasteiger partial charge in [-0.25, -0.2) is 13.8 Å². The smallest absolute Gasteiger partial charge is 0.151 e. The van der Waals surface area contributed by atoms with E-state index in [4.69, 9.17) is 23.2 Å². The van der Waals surface area contributed by atoms with Gasteiger partial charge in [-0.05, 0) is 12.1 Å². The van der Waals surface area contributed by atoms with Gasteiger partial charge in [0.25, 0.3) is 0 Å². The van der Waals surface area contributed by atoms with Gasteiger partial charge in [0.15, 0.2) is 5.82 Å². The van der Waals surface area contributed by atoms with Crippen molar-refractivity contribution in [3.63, 3.8) is 0 Å². The zero-order chi connectivity index (χ0) is 14.3. The topological polar surface area (TPSA) is 30.7 Å². The first-order valence-corrected chi connectivity index (χ1v) is 6.55. The van der Waals surface area contributed by atoms with Crippen molar-refractivity contribution in [3.05, 3.63) is 53.1 Å². The summed E-state index contributed by atoms with van der Waals surface area (Å²) in [6.45, 7) is 0. The van der Waals surface area contributed by atoms with Crippen molar-refractivity contribution in [1.29, 1.82) is 0 Å². The van der Waals surface area contributed by atoms with Crippen molar-refractivity contribution in [2.24, 2.45) is 0 Å². The third kappa shape index (κ3) is 2.03. The monoisotopic (exact) mass is 313 g/mol. The van der Waals surface area contributed by atoms with Crippen molar-refractivity contribution >= 4 is 34.2 Å². The number of rotatable bonds is 2. The summed E-state index contributed by atoms with van der Waals surface area (Å²) in [7, 11) is 0. The highest BCUT2D eigenvalue weighted by Crippen LogP contribution is 2.30. The molecule has 0 N–H and O–H groups in total. The van der Waals surface area contributed by atoms with Crippen LogP contribution in [0.15, 0.2) is 30.6 Å². The van der Waals surface area contributed by atoms with E-state index in [1.165, 1.54) is 10.8 Å². The Morgan fingerprint density at radius 1 is 1.25 bits per heavy atom. The zero-order valence-electron chi connectivity index (χ0n) is 9.95. The van der Waals surface area contributed by atoms with Crippen LogP contribution in [0.25, 0.3) is 16.7 Å². The minimum Gasteiger partial charge on any atom is -0.291 e. The largest absolute Gasteiger partial charge is 0.291 e. The van der Waals surface area contributed by atoms with Crippen LogP contribution in [0.2, 0.25) is 5.02 Å². The number of pyridine rings is 1. The van der Waals surface area contributed by atoms with Gasteiger partial charge in [0.05, 0.1) is 22.6 Å². The number of alkyl halides is 1. The van der Waals surface area contributed by atoms with Gasteiger partial charge in [-0.1, -0.05) is 11.6 Å². The summed E-state index contributed by atoms with van der Waals surface area (Å²) >= 11 is 11.8. The second kappa shape index (κ2) is 5.00. The van der Waals surface area contributed by atoms with Crippen LogP contribution in [0.4, 0.5) is 8.78 Å². The molecule has 20 heavy (non-hydrogen) atoms. The molecule has 2 aromatic heterocycles. The van der Waals surface area contributed by atoms with Crippen LogP contribution in [0.5, 0.6) is 0 Å². The predicted molar refractivity (Wildman–Crippen MR) is 73.3 cm³/mol. The highest BCUT2D eigenvalue weighted by Gasteiger charge is 2.18. The maximum atomic E-state index is 14.1. The quantitative estimate of drug-likeness (QED) is 0.667. The molecule has 0 spiro atoms. The van der Waals surface area contributed by atoms with Crippen LogP contribution in [0.3, 0.4) is 0 Å². The van der Waals surface area contributed by atoms with Gasteiger partial charge in [-0.3, -0.25) is 9.55 Å². The molecule has 3 rings (SSSR count). The molecule has 0 radical (unpaired) electrons. The van der Waals surface area contributed by atoms with E-state index in [-0.39, 0.29) is 16.6 Å². The molecule has 102 valence electrons. The molecule has 3 aromatic rings. The molecule has 2 heterocycles. The fourth-order valence-electron chi connectivity index (χ4n) is 2.07. The second-order valence-corrected chi connectivity index (χ2v) is 4.75. The average molecular weight is 314 g/mol. The van der Waals surface area contributed by atoms with Crippen LogP contribution >= 0.6 is 23.2 Å². The predicted octanol–water partition coefficient (Wildman–Crippen LogP) is 4.09. The molecule has 0 saturated carbocycles. The van der Waals surface area contributed by atoms with Crippen molar-refractivity contribution in [2.45, 2.75) is 5.88 Å². The molecule has 0 fully saturated rings. The molecule has 0 aliphatic heterocycles. The summed E-state index contributed by atoms with van der Waals surface area (Å²) in [5, 5.41) is -0.0509. The van der Waals surface area contributed by atoms with E-state index in [1.54, 1.807) is 12.3 Å². The van der Waals surface area contributed by atoms with Crippen molar-refractivity contribution < 1.29 is 8.78 Å². The van der Waals surface area contributed by atoms with Crippen molar-refractivity contribution in [3.8, 4) is 5.69 Å². The van der Waals surface area contributed by atoms with Gasteiger partial charge in [0, 0.05) is 12.3 Å². The highest BCUT2D eigenvalue weighted by molar-refractivity contribution is 6.32. The van der Waals surface area contributed by atoms with Gasteiger partial charge < -0.3 is 0 Å². The van der Waals surface area contributed by atoms with Crippen molar-refractivity contribution in [1.82, 2.24) is 14.5 Å². The first kappa shape index (κ1) is 13.3. The average Bonchev–Trinajstić information content (AvgIpc) is 2.76. The highest BCUT2D eigenvalue weighted by atomic mass is 35.5. The molecular formula is C13H7Cl2F2N3. The lowest BCUT2D eigenvalue weighted by molar-refractivity contribution is 0.578. The third-order valence-corrected chi connectivity index (χ3v) is 3.38. The summed E-state index contributed by atoms with van der Waals surface area (Å²) in [5.74, 6) is -1.06. The molecule has 0 aliphatic carbocycles. The van der Waals surface area contributed by atoms with Crippen molar-refractivity contribution in [2.75, 3.05) is 0 Å². The minimum atomic E-state index is -0.780. The lowest BCUT2D eigenvalue weighted by Crippen LogP contribution is -2.03. The lowest BCUT2D eigenvalue weighted by atomic mass is 10.2. The fourth-order valence-corrected chi connectivity index (χ4v) is 2.53. The third-order valence-electron chi connectivity index (χ3n) is 2.85. The molecule has 0 amide bonds. The summed E-state index contributed by atoms with van der Waals surface area (Å²) in [4.78, 5) is 8.21. The Hall–Kier alpha value is -1.72. The maximum absolute atomic E-state index is 14.1. The van der Waals surface area contributed by atoms with Crippen LogP contribution in [0.1, 0.15) is 5.82 Å². The molecular weight excluding hydrogens is 307 g/mol. The van der Waals surface area contributed by atoms with Gasteiger partial charge in [0.2, 0.25) is 0 Å². The first-order valence-electron chi connectivity index (χ1n) is 5.64. The standard InChI is InChI=1S/C13H7Cl2F2N3/c14-5-12-19-10-6-18-2-1-11(10)20(12)13-8(15)3-7(16)4-9(13)17/h1-4,6H,5H2. The Kier molecular flexibility index (Phi) is 3.31. The molecule has 1 aromatic carbocycles. The van der Waals surface area contributed by atoms with E-state index < -0.39 is 11.6 Å². The van der Waals surface area contributed by atoms with Crippen LogP contribution in [0, 0.1) is 11.6 Å². The number of halogens is 4. The maximum Gasteiger partial charge on any atom is 0.151 e. The lowest BCUT2D eigenvalue weighted by Gasteiger charge is -2.11. The van der Waals surface area contributed by atoms with E-state index in [2.05, 4.69) is 9.97 Å². The van der Waals surface area contributed by atoms with Gasteiger partial charge in [-0.2, -0.15) is 0 Å². The van der Waals surface area contributed by atoms with Crippen LogP contribution in [-0.2, 0) is 5.88 Å². The number of fused-ring (bicyclic) bond motifs is 1. The summed E-state index contributed by atoms with van der Waals surface area (Å²) in [6.07, 6.45) is 3.09. The number of imidazole rings is 1. The van der Waals surface area contributed by atoms with E-state index in [0.717, 1.165) is 12.1 Å². The molecule has 0 bridgehead atoms. The molecule has 0 unspecified atom stereocenters. The molecule has 0 saturated heterocycles. The second-order valence-electron chi connectivity index (χ2n) is 4.08. The number of aromatic nitrogens is 3. The van der Waals surface area contributed by atoms with E-state index in [0.29, 0.717) is 16.9 Å². The summed E-state index contributed by atoms with van der Waals surface area (Å²) in [5.41, 5.74) is 1.18. The van der Waals surface area contributed by atoms with Gasteiger partial charge >= 0.3 is 0 Å². The van der Waals surface area contributed by atoms with E-state index in [9.17, 15) is 8.78 Å². The summed E-state index contributed by atoms with van der Waals surface area (Å²) < 4.78 is 28.7. The molecule has 7 heteroatoms. The minimum absolute atomic E-state index is 0.0254. The van der Waals surface area contributed by atoms with E-state index >= 15 is 0 Å². The summed E-state index contributed by atoms with van der Waals surface area (Å²) in [6, 6.07) is 3.48. The SMILES string of the molecule is Fc1cc(F)c(-n2c(CCl)nc3cnccc32)c(Cl)c1. The van der Waals surface area contributed by atoms with E-state index in [1.807, 2.05) is 0 Å². The normalized spacial score (nSPS) is 11.2. The first-order chi connectivity index (χ1) is 9.61. The van der Waals surface area contributed by atoms with Crippen LogP contribution < -0.4 is 0 Å². The zero-order valence-corrected chi connectivity index (χ0v) is 11.5. The molecule has 3 nitrogen and oxygen atoms in total. The fraction of sp³-hybridized carbons (Fsp3) is 0.0769. The number of hydrogen-bond donors (Lipinski definition) is 0. The van der Waals surface area contributed by atoms with Gasteiger partial charge in [0.1, 0.15) is 22.8 Å². The Labute approximate surface area is 122 Å². The molecule has 0 atom stereocenters. The van der Waals surface area contributed by atoms with Gasteiger partial charge in [-0.15, -0.1) is 11.6 Å². The number of benzene rings is 1. The Bertz CT molecular complexity index is 778. The number of nitrogens with zero attached hydrogens (tertiary/aromatic N) is 3. The Balaban J connectivity index is 2.40.